The van der Waals surface area contributed by atoms with Gasteiger partial charge in [-0.05, 0) is 32.4 Å². The maximum atomic E-state index is 12.6. The van der Waals surface area contributed by atoms with Crippen molar-refractivity contribution in [1.82, 2.24) is 15.5 Å². The van der Waals surface area contributed by atoms with Gasteiger partial charge in [-0.1, -0.05) is 6.92 Å². The number of rotatable bonds is 7. The van der Waals surface area contributed by atoms with E-state index in [1.54, 1.807) is 19.1 Å². The Bertz CT molecular complexity index is 328. The Morgan fingerprint density at radius 1 is 1.35 bits per heavy atom. The number of piperidine rings is 1. The van der Waals surface area contributed by atoms with Gasteiger partial charge >= 0.3 is 0 Å². The van der Waals surface area contributed by atoms with E-state index >= 15 is 0 Å². The van der Waals surface area contributed by atoms with Crippen LogP contribution in [0, 0.1) is 5.41 Å². The number of hydrogen-bond donors (Lipinski definition) is 2. The van der Waals surface area contributed by atoms with Crippen LogP contribution in [0.3, 0.4) is 0 Å². The monoisotopic (exact) mass is 285 g/mol. The summed E-state index contributed by atoms with van der Waals surface area (Å²) in [6.45, 7) is 4.85. The van der Waals surface area contributed by atoms with Crippen LogP contribution in [0.4, 0.5) is 0 Å². The fourth-order valence-corrected chi connectivity index (χ4v) is 2.66. The van der Waals surface area contributed by atoms with Crippen LogP contribution in [0.2, 0.25) is 0 Å². The highest BCUT2D eigenvalue weighted by Crippen LogP contribution is 2.34. The molecule has 0 atom stereocenters. The zero-order valence-electron chi connectivity index (χ0n) is 12.8. The Balaban J connectivity index is 2.50. The third-order valence-electron chi connectivity index (χ3n) is 4.05. The van der Waals surface area contributed by atoms with E-state index in [1.807, 2.05) is 0 Å². The van der Waals surface area contributed by atoms with Gasteiger partial charge in [-0.25, -0.2) is 0 Å². The van der Waals surface area contributed by atoms with E-state index in [9.17, 15) is 9.59 Å². The maximum Gasteiger partial charge on any atom is 0.239 e. The third kappa shape index (κ3) is 4.45. The number of nitrogens with zero attached hydrogens (tertiary/aromatic N) is 1. The molecule has 1 aliphatic heterocycles. The summed E-state index contributed by atoms with van der Waals surface area (Å²) in [4.78, 5) is 25.9. The number of likely N-dealkylation sites (N-methyl/N-ethyl adjacent to an activating group) is 1. The van der Waals surface area contributed by atoms with Crippen molar-refractivity contribution in [2.24, 2.45) is 5.41 Å². The van der Waals surface area contributed by atoms with Crippen molar-refractivity contribution in [2.75, 3.05) is 46.9 Å². The molecule has 1 heterocycles. The van der Waals surface area contributed by atoms with E-state index in [-0.39, 0.29) is 23.8 Å². The lowest BCUT2D eigenvalue weighted by molar-refractivity contribution is -0.145. The molecule has 1 aliphatic rings. The van der Waals surface area contributed by atoms with Crippen LogP contribution in [0.15, 0.2) is 0 Å². The average molecular weight is 285 g/mol. The van der Waals surface area contributed by atoms with Gasteiger partial charge in [0.1, 0.15) is 0 Å². The molecule has 0 radical (unpaired) electrons. The lowest BCUT2D eigenvalue weighted by atomic mass is 9.75. The molecular weight excluding hydrogens is 258 g/mol. The van der Waals surface area contributed by atoms with Crippen LogP contribution in [-0.2, 0) is 14.3 Å². The molecule has 2 amide bonds. The lowest BCUT2D eigenvalue weighted by Gasteiger charge is -2.38. The molecule has 0 spiro atoms. The molecule has 20 heavy (non-hydrogen) atoms. The van der Waals surface area contributed by atoms with Crippen molar-refractivity contribution in [3.05, 3.63) is 0 Å². The minimum atomic E-state index is -0.299. The van der Waals surface area contributed by atoms with Gasteiger partial charge in [0.05, 0.1) is 18.6 Å². The zero-order valence-corrected chi connectivity index (χ0v) is 12.8. The summed E-state index contributed by atoms with van der Waals surface area (Å²) in [5.74, 6) is -0.0542. The predicted octanol–water partition coefficient (Wildman–Crippen LogP) is -0.0128. The van der Waals surface area contributed by atoms with Crippen molar-refractivity contribution < 1.29 is 14.3 Å². The fourth-order valence-electron chi connectivity index (χ4n) is 2.66. The molecule has 116 valence electrons. The first-order valence-electron chi connectivity index (χ1n) is 7.27. The number of amides is 2. The highest BCUT2D eigenvalue weighted by Gasteiger charge is 2.39. The number of methoxy groups -OCH3 is 1. The fraction of sp³-hybridized carbons (Fsp3) is 0.857. The summed E-state index contributed by atoms with van der Waals surface area (Å²) in [6.07, 6.45) is 2.51. The third-order valence-corrected chi connectivity index (χ3v) is 4.05. The van der Waals surface area contributed by atoms with Crippen LogP contribution < -0.4 is 10.6 Å². The molecule has 0 aromatic carbocycles. The van der Waals surface area contributed by atoms with Gasteiger partial charge in [-0.2, -0.15) is 0 Å². The minimum absolute atomic E-state index is 0.0865. The molecule has 0 aromatic rings. The maximum absolute atomic E-state index is 12.6. The smallest absolute Gasteiger partial charge is 0.239 e. The summed E-state index contributed by atoms with van der Waals surface area (Å²) >= 11 is 0. The Morgan fingerprint density at radius 3 is 2.55 bits per heavy atom. The topological polar surface area (TPSA) is 70.7 Å². The summed E-state index contributed by atoms with van der Waals surface area (Å²) in [5.41, 5.74) is -0.299. The van der Waals surface area contributed by atoms with E-state index in [4.69, 9.17) is 4.74 Å². The summed E-state index contributed by atoms with van der Waals surface area (Å²) in [5, 5.41) is 6.01. The van der Waals surface area contributed by atoms with Crippen LogP contribution in [0.1, 0.15) is 26.2 Å². The van der Waals surface area contributed by atoms with Crippen molar-refractivity contribution in [3.8, 4) is 0 Å². The largest absolute Gasteiger partial charge is 0.383 e. The van der Waals surface area contributed by atoms with Gasteiger partial charge in [0.25, 0.3) is 0 Å². The van der Waals surface area contributed by atoms with Crippen molar-refractivity contribution in [3.63, 3.8) is 0 Å². The normalized spacial score (nSPS) is 17.6. The van der Waals surface area contributed by atoms with Gasteiger partial charge in [-0.15, -0.1) is 0 Å². The molecule has 1 rings (SSSR count). The first-order valence-corrected chi connectivity index (χ1v) is 7.27. The van der Waals surface area contributed by atoms with E-state index in [2.05, 4.69) is 17.6 Å². The van der Waals surface area contributed by atoms with E-state index < -0.39 is 0 Å². The number of hydrogen-bond acceptors (Lipinski definition) is 4. The summed E-state index contributed by atoms with van der Waals surface area (Å²) < 4.78 is 4.87. The van der Waals surface area contributed by atoms with Gasteiger partial charge < -0.3 is 20.3 Å². The first-order chi connectivity index (χ1) is 9.55. The molecule has 0 aliphatic carbocycles. The van der Waals surface area contributed by atoms with Gasteiger partial charge in [0, 0.05) is 20.7 Å². The SMILES string of the molecule is CCC1(C(=O)N(C)CC(=O)NCCOC)CCNCC1. The molecule has 6 heteroatoms. The number of ether oxygens (including phenoxy) is 1. The van der Waals surface area contributed by atoms with Crippen molar-refractivity contribution in [1.29, 1.82) is 0 Å². The van der Waals surface area contributed by atoms with Crippen LogP contribution in [-0.4, -0.2) is 63.7 Å². The Morgan fingerprint density at radius 2 is 2.00 bits per heavy atom. The molecule has 1 fully saturated rings. The Labute approximate surface area is 121 Å². The molecular formula is C14H27N3O3. The second-order valence-corrected chi connectivity index (χ2v) is 5.39. The quantitative estimate of drug-likeness (QED) is 0.645. The number of carbonyl (C=O) groups is 2. The van der Waals surface area contributed by atoms with E-state index in [1.165, 1.54) is 0 Å². The van der Waals surface area contributed by atoms with Crippen LogP contribution >= 0.6 is 0 Å². The summed E-state index contributed by atoms with van der Waals surface area (Å²) in [7, 11) is 3.29. The molecule has 0 bridgehead atoms. The molecule has 0 aromatic heterocycles. The summed E-state index contributed by atoms with van der Waals surface area (Å²) in [6, 6.07) is 0. The molecule has 1 saturated heterocycles. The highest BCUT2D eigenvalue weighted by atomic mass is 16.5. The second kappa shape index (κ2) is 8.21. The van der Waals surface area contributed by atoms with Gasteiger partial charge in [0.15, 0.2) is 0 Å². The molecule has 2 N–H and O–H groups in total. The van der Waals surface area contributed by atoms with Gasteiger partial charge in [-0.3, -0.25) is 9.59 Å². The van der Waals surface area contributed by atoms with Gasteiger partial charge in [0.2, 0.25) is 11.8 Å². The zero-order chi connectivity index (χ0) is 15.0. The Kier molecular flexibility index (Phi) is 6.95. The van der Waals surface area contributed by atoms with Crippen LogP contribution in [0.5, 0.6) is 0 Å². The Hall–Kier alpha value is -1.14. The first kappa shape index (κ1) is 16.9. The van der Waals surface area contributed by atoms with E-state index in [0.717, 1.165) is 32.4 Å². The van der Waals surface area contributed by atoms with Crippen LogP contribution in [0.25, 0.3) is 0 Å². The molecule has 6 nitrogen and oxygen atoms in total. The molecule has 0 unspecified atom stereocenters. The number of carbonyl (C=O) groups excluding carboxylic acids is 2. The second-order valence-electron chi connectivity index (χ2n) is 5.39. The highest BCUT2D eigenvalue weighted by molar-refractivity contribution is 5.87. The standard InChI is InChI=1S/C14H27N3O3/c1-4-14(5-7-15-8-6-14)13(19)17(2)11-12(18)16-9-10-20-3/h15H,4-11H2,1-3H3,(H,16,18). The minimum Gasteiger partial charge on any atom is -0.383 e. The van der Waals surface area contributed by atoms with Crippen molar-refractivity contribution in [2.45, 2.75) is 26.2 Å². The molecule has 0 saturated carbocycles. The van der Waals surface area contributed by atoms with Crippen molar-refractivity contribution >= 4 is 11.8 Å². The lowest BCUT2D eigenvalue weighted by Crippen LogP contribution is -2.50. The predicted molar refractivity (Wildman–Crippen MR) is 77.4 cm³/mol. The van der Waals surface area contributed by atoms with E-state index in [0.29, 0.717) is 13.2 Å². The average Bonchev–Trinajstić information content (AvgIpc) is 2.47. The number of nitrogens with one attached hydrogen (secondary N) is 2.